The predicted octanol–water partition coefficient (Wildman–Crippen LogP) is 8.46. The third kappa shape index (κ3) is 28.7. The van der Waals surface area contributed by atoms with E-state index >= 15 is 0 Å². The zero-order valence-electron chi connectivity index (χ0n) is 29.9. The van der Waals surface area contributed by atoms with Gasteiger partial charge < -0.3 is 23.8 Å². The van der Waals surface area contributed by atoms with Crippen molar-refractivity contribution in [2.45, 2.75) is 116 Å². The first-order valence-electron chi connectivity index (χ1n) is 17.5. The van der Waals surface area contributed by atoms with Crippen LogP contribution in [0.25, 0.3) is 0 Å². The van der Waals surface area contributed by atoms with Gasteiger partial charge in [0.2, 0.25) is 0 Å². The van der Waals surface area contributed by atoms with Crippen molar-refractivity contribution in [3.63, 3.8) is 0 Å². The molecule has 0 aliphatic carbocycles. The number of ether oxygens (including phenoxy) is 3. The van der Waals surface area contributed by atoms with Gasteiger partial charge in [-0.3, -0.25) is 9.59 Å². The second kappa shape index (κ2) is 30.1. The highest BCUT2D eigenvalue weighted by Crippen LogP contribution is 2.10. The Labute approximate surface area is 285 Å². The Balaban J connectivity index is 4.62. The number of carbonyl (C=O) groups is 3. The van der Waals surface area contributed by atoms with Crippen LogP contribution in [0, 0.1) is 0 Å². The van der Waals surface area contributed by atoms with Gasteiger partial charge in [0.1, 0.15) is 6.61 Å². The standard InChI is InChI=1S/C39H63NO7/c1-6-8-10-12-14-15-16-17-18-19-20-21-22-24-26-28-30-38(42)47-35(33-45-32-31-36(39(43)44)40(3,4)5)34-46-37(41)29-27-25-23-13-11-9-7-2/h8,10,14-15,17-18,20-21,23-26,35-36H,6-7,9,11-13,16,19,22,27-34H2,1-5H3/p+1/b10-8+,15-14+,18-17+,21-20+,25-23+,26-24+. The van der Waals surface area contributed by atoms with Gasteiger partial charge in [0.15, 0.2) is 12.1 Å². The normalized spacial score (nSPS) is 14.0. The molecular formula is C39H64NO7+. The van der Waals surface area contributed by atoms with E-state index in [4.69, 9.17) is 14.2 Å². The number of quaternary nitrogens is 1. The molecular weight excluding hydrogens is 594 g/mol. The monoisotopic (exact) mass is 658 g/mol. The minimum Gasteiger partial charge on any atom is -0.477 e. The summed E-state index contributed by atoms with van der Waals surface area (Å²) in [6.45, 7) is 4.39. The lowest BCUT2D eigenvalue weighted by Crippen LogP contribution is -2.50. The van der Waals surface area contributed by atoms with Crippen molar-refractivity contribution in [2.75, 3.05) is 41.0 Å². The number of hydrogen-bond acceptors (Lipinski definition) is 6. The molecule has 0 aliphatic rings. The average Bonchev–Trinajstić information content (AvgIpc) is 3.01. The van der Waals surface area contributed by atoms with Crippen molar-refractivity contribution in [2.24, 2.45) is 0 Å². The van der Waals surface area contributed by atoms with Crippen LogP contribution in [0.15, 0.2) is 72.9 Å². The van der Waals surface area contributed by atoms with Gasteiger partial charge in [0, 0.05) is 19.3 Å². The molecule has 0 aromatic heterocycles. The fourth-order valence-corrected chi connectivity index (χ4v) is 4.39. The SMILES string of the molecule is CC/C=C/C/C=C/C/C=C/C/C=C/C/C=C/CCC(=O)OC(COCCC(C(=O)O)[N+](C)(C)C)COC(=O)CC/C=C/CCCCC. The molecule has 0 aromatic rings. The molecule has 8 nitrogen and oxygen atoms in total. The zero-order valence-corrected chi connectivity index (χ0v) is 29.9. The van der Waals surface area contributed by atoms with Crippen molar-refractivity contribution in [1.29, 1.82) is 0 Å². The number of likely N-dealkylation sites (N-methyl/N-ethyl adjacent to an activating group) is 1. The molecule has 0 saturated carbocycles. The lowest BCUT2D eigenvalue weighted by Gasteiger charge is -2.31. The minimum atomic E-state index is -0.896. The highest BCUT2D eigenvalue weighted by molar-refractivity contribution is 5.72. The van der Waals surface area contributed by atoms with Crippen LogP contribution in [0.5, 0.6) is 0 Å². The van der Waals surface area contributed by atoms with Gasteiger partial charge in [-0.2, -0.15) is 0 Å². The summed E-state index contributed by atoms with van der Waals surface area (Å²) in [5.41, 5.74) is 0. The topological polar surface area (TPSA) is 99.1 Å². The molecule has 0 spiro atoms. The minimum absolute atomic E-state index is 0.0154. The Morgan fingerprint density at radius 3 is 1.70 bits per heavy atom. The van der Waals surface area contributed by atoms with Gasteiger partial charge in [-0.05, 0) is 57.8 Å². The maximum atomic E-state index is 12.6. The Morgan fingerprint density at radius 1 is 0.660 bits per heavy atom. The van der Waals surface area contributed by atoms with E-state index in [-0.39, 0.29) is 43.1 Å². The molecule has 1 N–H and O–H groups in total. The Bertz CT molecular complexity index is 1000. The Morgan fingerprint density at radius 2 is 1.17 bits per heavy atom. The van der Waals surface area contributed by atoms with E-state index in [1.165, 1.54) is 12.8 Å². The molecule has 2 atom stereocenters. The van der Waals surface area contributed by atoms with Crippen molar-refractivity contribution in [1.82, 2.24) is 0 Å². The van der Waals surface area contributed by atoms with Crippen LogP contribution in [-0.2, 0) is 28.6 Å². The summed E-state index contributed by atoms with van der Waals surface area (Å²) in [4.78, 5) is 36.5. The average molecular weight is 659 g/mol. The summed E-state index contributed by atoms with van der Waals surface area (Å²) < 4.78 is 16.9. The van der Waals surface area contributed by atoms with Gasteiger partial charge in [-0.1, -0.05) is 99.6 Å². The third-order valence-corrected chi connectivity index (χ3v) is 7.12. The molecule has 266 valence electrons. The number of allylic oxidation sites excluding steroid dienone is 12. The van der Waals surface area contributed by atoms with Gasteiger partial charge in [0.25, 0.3) is 0 Å². The maximum Gasteiger partial charge on any atom is 0.362 e. The number of hydrogen-bond donors (Lipinski definition) is 1. The smallest absolute Gasteiger partial charge is 0.362 e. The lowest BCUT2D eigenvalue weighted by atomic mass is 10.1. The van der Waals surface area contributed by atoms with Gasteiger partial charge in [-0.15, -0.1) is 0 Å². The first-order valence-corrected chi connectivity index (χ1v) is 17.5. The number of aliphatic carboxylic acids is 1. The molecule has 0 aromatic carbocycles. The second-order valence-electron chi connectivity index (χ2n) is 12.4. The fourth-order valence-electron chi connectivity index (χ4n) is 4.39. The van der Waals surface area contributed by atoms with Crippen LogP contribution >= 0.6 is 0 Å². The van der Waals surface area contributed by atoms with E-state index in [0.29, 0.717) is 19.3 Å². The number of carbonyl (C=O) groups excluding carboxylic acids is 2. The molecule has 0 fully saturated rings. The molecule has 8 heteroatoms. The van der Waals surface area contributed by atoms with E-state index in [1.54, 1.807) is 0 Å². The molecule has 0 aliphatic heterocycles. The highest BCUT2D eigenvalue weighted by atomic mass is 16.6. The summed E-state index contributed by atoms with van der Waals surface area (Å²) in [7, 11) is 5.46. The summed E-state index contributed by atoms with van der Waals surface area (Å²) in [6, 6.07) is -0.632. The lowest BCUT2D eigenvalue weighted by molar-refractivity contribution is -0.887. The van der Waals surface area contributed by atoms with Crippen LogP contribution in [0.1, 0.15) is 104 Å². The van der Waals surface area contributed by atoms with Crippen molar-refractivity contribution in [3.8, 4) is 0 Å². The van der Waals surface area contributed by atoms with Crippen molar-refractivity contribution < 1.29 is 38.2 Å². The molecule has 0 amide bonds. The zero-order chi connectivity index (χ0) is 35.0. The van der Waals surface area contributed by atoms with Gasteiger partial charge >= 0.3 is 17.9 Å². The maximum absolute atomic E-state index is 12.6. The van der Waals surface area contributed by atoms with Crippen molar-refractivity contribution in [3.05, 3.63) is 72.9 Å². The number of rotatable bonds is 29. The van der Waals surface area contributed by atoms with E-state index < -0.39 is 24.1 Å². The molecule has 0 radical (unpaired) electrons. The van der Waals surface area contributed by atoms with Gasteiger partial charge in [-0.25, -0.2) is 4.79 Å². The highest BCUT2D eigenvalue weighted by Gasteiger charge is 2.31. The summed E-state index contributed by atoms with van der Waals surface area (Å²) in [5.74, 6) is -1.66. The van der Waals surface area contributed by atoms with Crippen LogP contribution in [0.2, 0.25) is 0 Å². The van der Waals surface area contributed by atoms with Crippen molar-refractivity contribution >= 4 is 17.9 Å². The number of carboxylic acid groups (broad SMARTS) is 1. The summed E-state index contributed by atoms with van der Waals surface area (Å²) in [5, 5.41) is 9.54. The molecule has 2 unspecified atom stereocenters. The van der Waals surface area contributed by atoms with Gasteiger partial charge in [0.05, 0.1) is 34.4 Å². The van der Waals surface area contributed by atoms with Crippen LogP contribution in [0.4, 0.5) is 0 Å². The quantitative estimate of drug-likeness (QED) is 0.0373. The third-order valence-electron chi connectivity index (χ3n) is 7.12. The van der Waals surface area contributed by atoms with Crippen LogP contribution in [0.3, 0.4) is 0 Å². The second-order valence-corrected chi connectivity index (χ2v) is 12.4. The number of unbranched alkanes of at least 4 members (excludes halogenated alkanes) is 3. The first kappa shape index (κ1) is 43.8. The first-order chi connectivity index (χ1) is 22.6. The van der Waals surface area contributed by atoms with E-state index in [1.807, 2.05) is 39.4 Å². The van der Waals surface area contributed by atoms with Crippen LogP contribution < -0.4 is 0 Å². The molecule has 47 heavy (non-hydrogen) atoms. The Kier molecular flexibility index (Phi) is 28.1. The van der Waals surface area contributed by atoms with E-state index in [0.717, 1.165) is 44.9 Å². The number of esters is 2. The fraction of sp³-hybridized carbons (Fsp3) is 0.615. The predicted molar refractivity (Wildman–Crippen MR) is 192 cm³/mol. The molecule has 0 heterocycles. The number of nitrogens with zero attached hydrogens (tertiary/aromatic N) is 1. The molecule has 0 saturated heterocycles. The number of carboxylic acids is 1. The van der Waals surface area contributed by atoms with E-state index in [2.05, 4.69) is 68.5 Å². The summed E-state index contributed by atoms with van der Waals surface area (Å²) in [6.07, 6.45) is 35.6. The Hall–Kier alpha value is -3.23. The largest absolute Gasteiger partial charge is 0.477 e. The van der Waals surface area contributed by atoms with Crippen LogP contribution in [-0.4, -0.2) is 80.6 Å². The van der Waals surface area contributed by atoms with E-state index in [9.17, 15) is 19.5 Å². The summed E-state index contributed by atoms with van der Waals surface area (Å²) >= 11 is 0. The molecule has 0 bridgehead atoms. The molecule has 0 rings (SSSR count).